The highest BCUT2D eigenvalue weighted by Crippen LogP contribution is 2.29. The SMILES string of the molecule is CCOC(=O)C[C@H](C)[C@@H](NC(=O)Cc1ccc(C(F)(F)F)cc1)C(N)=O. The van der Waals surface area contributed by atoms with E-state index in [-0.39, 0.29) is 19.4 Å². The lowest BCUT2D eigenvalue weighted by atomic mass is 9.97. The van der Waals surface area contributed by atoms with Gasteiger partial charge in [-0.25, -0.2) is 0 Å². The Hall–Kier alpha value is -2.58. The molecule has 0 aliphatic carbocycles. The van der Waals surface area contributed by atoms with Crippen LogP contribution in [0.15, 0.2) is 24.3 Å². The van der Waals surface area contributed by atoms with Crippen LogP contribution in [0.2, 0.25) is 0 Å². The maximum absolute atomic E-state index is 12.5. The molecule has 0 aromatic heterocycles. The number of hydrogen-bond acceptors (Lipinski definition) is 4. The number of alkyl halides is 3. The molecule has 2 amide bonds. The number of benzene rings is 1. The molecule has 6 nitrogen and oxygen atoms in total. The zero-order valence-corrected chi connectivity index (χ0v) is 14.4. The van der Waals surface area contributed by atoms with Gasteiger partial charge in [-0.2, -0.15) is 13.2 Å². The Kier molecular flexibility index (Phi) is 7.60. The molecule has 1 aromatic carbocycles. The number of carbonyl (C=O) groups excluding carboxylic acids is 3. The van der Waals surface area contributed by atoms with E-state index in [1.54, 1.807) is 13.8 Å². The first-order valence-corrected chi connectivity index (χ1v) is 7.95. The molecule has 144 valence electrons. The molecule has 3 N–H and O–H groups in total. The van der Waals surface area contributed by atoms with Crippen LogP contribution in [0.1, 0.15) is 31.4 Å². The molecule has 0 saturated heterocycles. The predicted octanol–water partition coefficient (Wildman–Crippen LogP) is 1.81. The van der Waals surface area contributed by atoms with Crippen LogP contribution in [-0.4, -0.2) is 30.4 Å². The second-order valence-electron chi connectivity index (χ2n) is 5.81. The second kappa shape index (κ2) is 9.21. The number of hydrogen-bond donors (Lipinski definition) is 2. The molecule has 0 aliphatic rings. The van der Waals surface area contributed by atoms with Crippen molar-refractivity contribution in [1.29, 1.82) is 0 Å². The Morgan fingerprint density at radius 2 is 1.77 bits per heavy atom. The van der Waals surface area contributed by atoms with Gasteiger partial charge < -0.3 is 15.8 Å². The topological polar surface area (TPSA) is 98.5 Å². The quantitative estimate of drug-likeness (QED) is 0.678. The van der Waals surface area contributed by atoms with Crippen LogP contribution in [0.4, 0.5) is 13.2 Å². The van der Waals surface area contributed by atoms with Crippen molar-refractivity contribution in [3.63, 3.8) is 0 Å². The number of nitrogens with two attached hydrogens (primary N) is 1. The molecule has 0 spiro atoms. The largest absolute Gasteiger partial charge is 0.466 e. The van der Waals surface area contributed by atoms with Crippen molar-refractivity contribution in [2.75, 3.05) is 6.61 Å². The number of carbonyl (C=O) groups is 3. The van der Waals surface area contributed by atoms with E-state index >= 15 is 0 Å². The predicted molar refractivity (Wildman–Crippen MR) is 86.7 cm³/mol. The maximum atomic E-state index is 12.5. The van der Waals surface area contributed by atoms with Crippen LogP contribution in [0.3, 0.4) is 0 Å². The summed E-state index contributed by atoms with van der Waals surface area (Å²) in [7, 11) is 0. The van der Waals surface area contributed by atoms with E-state index in [2.05, 4.69) is 5.32 Å². The molecule has 0 saturated carbocycles. The molecule has 1 rings (SSSR count). The maximum Gasteiger partial charge on any atom is 0.416 e. The van der Waals surface area contributed by atoms with Crippen molar-refractivity contribution in [1.82, 2.24) is 5.32 Å². The zero-order valence-electron chi connectivity index (χ0n) is 14.4. The first kappa shape index (κ1) is 21.5. The first-order chi connectivity index (χ1) is 12.0. The van der Waals surface area contributed by atoms with E-state index in [0.717, 1.165) is 12.1 Å². The van der Waals surface area contributed by atoms with Gasteiger partial charge in [-0.05, 0) is 30.5 Å². The van der Waals surface area contributed by atoms with Gasteiger partial charge in [-0.3, -0.25) is 14.4 Å². The van der Waals surface area contributed by atoms with E-state index in [9.17, 15) is 27.6 Å². The van der Waals surface area contributed by atoms with Crippen LogP contribution in [-0.2, 0) is 31.7 Å². The third kappa shape index (κ3) is 6.73. The standard InChI is InChI=1S/C17H21F3N2O4/c1-3-26-14(24)8-10(2)15(16(21)25)22-13(23)9-11-4-6-12(7-5-11)17(18,19)20/h4-7,10,15H,3,8-9H2,1-2H3,(H2,21,25)(H,22,23)/t10-,15+/m0/s1. The fourth-order valence-corrected chi connectivity index (χ4v) is 2.32. The number of rotatable bonds is 8. The van der Waals surface area contributed by atoms with Gasteiger partial charge in [0.1, 0.15) is 6.04 Å². The van der Waals surface area contributed by atoms with Crippen LogP contribution < -0.4 is 11.1 Å². The molecule has 9 heteroatoms. The van der Waals surface area contributed by atoms with E-state index in [4.69, 9.17) is 10.5 Å². The van der Waals surface area contributed by atoms with Gasteiger partial charge in [0.25, 0.3) is 0 Å². The summed E-state index contributed by atoms with van der Waals surface area (Å²) >= 11 is 0. The third-order valence-electron chi connectivity index (χ3n) is 3.63. The average Bonchev–Trinajstić information content (AvgIpc) is 2.52. The van der Waals surface area contributed by atoms with Gasteiger partial charge in [0.05, 0.1) is 25.0 Å². The highest BCUT2D eigenvalue weighted by atomic mass is 19.4. The molecule has 1 aromatic rings. The molecule has 0 unspecified atom stereocenters. The van der Waals surface area contributed by atoms with Crippen molar-refractivity contribution in [2.24, 2.45) is 11.7 Å². The summed E-state index contributed by atoms with van der Waals surface area (Å²) in [6, 6.07) is 3.02. The van der Waals surface area contributed by atoms with Crippen molar-refractivity contribution < 1.29 is 32.3 Å². The molecule has 0 bridgehead atoms. The molecule has 0 heterocycles. The summed E-state index contributed by atoms with van der Waals surface area (Å²) in [5.41, 5.74) is 4.79. The van der Waals surface area contributed by atoms with Gasteiger partial charge in [0.15, 0.2) is 0 Å². The smallest absolute Gasteiger partial charge is 0.416 e. The first-order valence-electron chi connectivity index (χ1n) is 7.95. The number of amides is 2. The minimum absolute atomic E-state index is 0.109. The summed E-state index contributed by atoms with van der Waals surface area (Å²) in [6.45, 7) is 3.39. The fraction of sp³-hybridized carbons (Fsp3) is 0.471. The van der Waals surface area contributed by atoms with Gasteiger partial charge in [0.2, 0.25) is 11.8 Å². The van der Waals surface area contributed by atoms with Gasteiger partial charge in [-0.1, -0.05) is 19.1 Å². The van der Waals surface area contributed by atoms with Crippen molar-refractivity contribution in [3.8, 4) is 0 Å². The summed E-state index contributed by atoms with van der Waals surface area (Å²) in [4.78, 5) is 35.1. The number of esters is 1. The highest BCUT2D eigenvalue weighted by Gasteiger charge is 2.30. The van der Waals surface area contributed by atoms with Crippen LogP contribution in [0.5, 0.6) is 0 Å². The number of nitrogens with one attached hydrogen (secondary N) is 1. The second-order valence-corrected chi connectivity index (χ2v) is 5.81. The monoisotopic (exact) mass is 374 g/mol. The zero-order chi connectivity index (χ0) is 19.9. The Morgan fingerprint density at radius 3 is 2.23 bits per heavy atom. The summed E-state index contributed by atoms with van der Waals surface area (Å²) in [6.07, 6.45) is -4.80. The number of ether oxygens (including phenoxy) is 1. The van der Waals surface area contributed by atoms with Crippen molar-refractivity contribution >= 4 is 17.8 Å². The molecular formula is C17H21F3N2O4. The molecule has 0 aliphatic heterocycles. The normalized spacial score (nSPS) is 13.6. The average molecular weight is 374 g/mol. The van der Waals surface area contributed by atoms with Crippen LogP contribution >= 0.6 is 0 Å². The summed E-state index contributed by atoms with van der Waals surface area (Å²) < 4.78 is 42.4. The summed E-state index contributed by atoms with van der Waals surface area (Å²) in [5.74, 6) is -2.53. The minimum Gasteiger partial charge on any atom is -0.466 e. The minimum atomic E-state index is -4.46. The molecular weight excluding hydrogens is 353 g/mol. The van der Waals surface area contributed by atoms with Gasteiger partial charge in [-0.15, -0.1) is 0 Å². The molecule has 0 radical (unpaired) electrons. The third-order valence-corrected chi connectivity index (χ3v) is 3.63. The van der Waals surface area contributed by atoms with E-state index in [0.29, 0.717) is 5.56 Å². The van der Waals surface area contributed by atoms with Crippen molar-refractivity contribution in [2.45, 2.75) is 38.9 Å². The Morgan fingerprint density at radius 1 is 1.19 bits per heavy atom. The molecule has 0 fully saturated rings. The Bertz CT molecular complexity index is 644. The van der Waals surface area contributed by atoms with Crippen LogP contribution in [0, 0.1) is 5.92 Å². The lowest BCUT2D eigenvalue weighted by molar-refractivity contribution is -0.145. The number of primary amides is 1. The Labute approximate surface area is 148 Å². The Balaban J connectivity index is 2.70. The van der Waals surface area contributed by atoms with Gasteiger partial charge >= 0.3 is 12.1 Å². The van der Waals surface area contributed by atoms with Crippen molar-refractivity contribution in [3.05, 3.63) is 35.4 Å². The number of halogens is 3. The lowest BCUT2D eigenvalue weighted by Crippen LogP contribution is -2.49. The van der Waals surface area contributed by atoms with E-state index in [1.807, 2.05) is 0 Å². The summed E-state index contributed by atoms with van der Waals surface area (Å²) in [5, 5.41) is 2.41. The molecule has 26 heavy (non-hydrogen) atoms. The fourth-order valence-electron chi connectivity index (χ4n) is 2.32. The lowest BCUT2D eigenvalue weighted by Gasteiger charge is -2.21. The highest BCUT2D eigenvalue weighted by molar-refractivity contribution is 5.88. The van der Waals surface area contributed by atoms with Crippen LogP contribution in [0.25, 0.3) is 0 Å². The van der Waals surface area contributed by atoms with E-state index in [1.165, 1.54) is 12.1 Å². The van der Waals surface area contributed by atoms with E-state index < -0.39 is 41.5 Å². The molecule has 2 atom stereocenters. The van der Waals surface area contributed by atoms with Gasteiger partial charge in [0, 0.05) is 0 Å².